The Labute approximate surface area is 163 Å². The van der Waals surface area contributed by atoms with Gasteiger partial charge in [-0.15, -0.1) is 0 Å². The standard InChI is InChI=1S/C21H17F3N2O3/c22-21(23,24)14-7-10-15(11-8-14)26-16(9-6-13-4-2-1-3-5-13)12-17(27)18(19(25)28)20(26)29/h1-5,7-8,10-12,27H,6,9H2,(H2,25,28). The smallest absolute Gasteiger partial charge is 0.416 e. The number of primary amides is 1. The van der Waals surface area contributed by atoms with Crippen LogP contribution < -0.4 is 11.3 Å². The summed E-state index contributed by atoms with van der Waals surface area (Å²) >= 11 is 0. The van der Waals surface area contributed by atoms with Gasteiger partial charge in [0.1, 0.15) is 11.3 Å². The van der Waals surface area contributed by atoms with Crippen molar-refractivity contribution in [3.05, 3.63) is 93.4 Å². The van der Waals surface area contributed by atoms with Crippen LogP contribution in [0.5, 0.6) is 5.75 Å². The van der Waals surface area contributed by atoms with Gasteiger partial charge in [0.2, 0.25) is 0 Å². The molecular weight excluding hydrogens is 385 g/mol. The van der Waals surface area contributed by atoms with Gasteiger partial charge in [-0.25, -0.2) is 0 Å². The monoisotopic (exact) mass is 402 g/mol. The van der Waals surface area contributed by atoms with Crippen molar-refractivity contribution < 1.29 is 23.1 Å². The molecule has 5 nitrogen and oxygen atoms in total. The van der Waals surface area contributed by atoms with Crippen molar-refractivity contribution in [1.82, 2.24) is 4.57 Å². The van der Waals surface area contributed by atoms with E-state index in [0.717, 1.165) is 34.4 Å². The first kappa shape index (κ1) is 20.2. The van der Waals surface area contributed by atoms with Gasteiger partial charge >= 0.3 is 6.18 Å². The lowest BCUT2D eigenvalue weighted by Crippen LogP contribution is -2.31. The number of halogens is 3. The highest BCUT2D eigenvalue weighted by atomic mass is 19.4. The zero-order valence-electron chi connectivity index (χ0n) is 15.1. The fraction of sp³-hybridized carbons (Fsp3) is 0.143. The molecule has 0 saturated carbocycles. The Hall–Kier alpha value is -3.55. The molecule has 8 heteroatoms. The minimum atomic E-state index is -4.52. The number of aryl methyl sites for hydroxylation is 2. The van der Waals surface area contributed by atoms with Gasteiger partial charge in [-0.1, -0.05) is 30.3 Å². The molecule has 0 bridgehead atoms. The normalized spacial score (nSPS) is 11.4. The zero-order chi connectivity index (χ0) is 21.2. The maximum Gasteiger partial charge on any atom is 0.416 e. The summed E-state index contributed by atoms with van der Waals surface area (Å²) in [5.74, 6) is -1.68. The SMILES string of the molecule is NC(=O)c1c(O)cc(CCc2ccccc2)n(-c2ccc(C(F)(F)F)cc2)c1=O. The maximum absolute atomic E-state index is 12.8. The van der Waals surface area contributed by atoms with Crippen LogP contribution in [0.25, 0.3) is 5.69 Å². The predicted octanol–water partition coefficient (Wildman–Crippen LogP) is 3.45. The second-order valence-electron chi connectivity index (χ2n) is 6.43. The van der Waals surface area contributed by atoms with Gasteiger partial charge < -0.3 is 10.8 Å². The lowest BCUT2D eigenvalue weighted by Gasteiger charge is -2.16. The van der Waals surface area contributed by atoms with Crippen LogP contribution in [0.1, 0.15) is 27.2 Å². The van der Waals surface area contributed by atoms with Crippen molar-refractivity contribution in [2.24, 2.45) is 5.73 Å². The first-order valence-corrected chi connectivity index (χ1v) is 8.67. The van der Waals surface area contributed by atoms with Crippen LogP contribution in [0.2, 0.25) is 0 Å². The van der Waals surface area contributed by atoms with E-state index >= 15 is 0 Å². The van der Waals surface area contributed by atoms with E-state index in [4.69, 9.17) is 5.73 Å². The Morgan fingerprint density at radius 3 is 2.17 bits per heavy atom. The summed E-state index contributed by atoms with van der Waals surface area (Å²) in [6.07, 6.45) is -3.71. The molecule has 0 unspecified atom stereocenters. The molecule has 0 saturated heterocycles. The summed E-state index contributed by atoms with van der Waals surface area (Å²) in [6, 6.07) is 14.5. The molecule has 0 radical (unpaired) electrons. The average molecular weight is 402 g/mol. The second-order valence-corrected chi connectivity index (χ2v) is 6.43. The van der Waals surface area contributed by atoms with Gasteiger partial charge in [0.15, 0.2) is 0 Å². The van der Waals surface area contributed by atoms with Crippen molar-refractivity contribution in [2.75, 3.05) is 0 Å². The quantitative estimate of drug-likeness (QED) is 0.686. The lowest BCUT2D eigenvalue weighted by molar-refractivity contribution is -0.137. The van der Waals surface area contributed by atoms with E-state index in [9.17, 15) is 27.9 Å². The number of hydrogen-bond acceptors (Lipinski definition) is 3. The van der Waals surface area contributed by atoms with Crippen molar-refractivity contribution in [1.29, 1.82) is 0 Å². The number of benzene rings is 2. The number of nitrogens with two attached hydrogens (primary N) is 1. The highest BCUT2D eigenvalue weighted by Crippen LogP contribution is 2.30. The third-order valence-corrected chi connectivity index (χ3v) is 4.48. The van der Waals surface area contributed by atoms with Crippen LogP contribution in [0.3, 0.4) is 0 Å². The number of nitrogens with zero attached hydrogens (tertiary/aromatic N) is 1. The first-order valence-electron chi connectivity index (χ1n) is 8.67. The number of amides is 1. The Kier molecular flexibility index (Phi) is 5.45. The molecule has 3 rings (SSSR count). The zero-order valence-corrected chi connectivity index (χ0v) is 15.1. The van der Waals surface area contributed by atoms with E-state index in [2.05, 4.69) is 0 Å². The second kappa shape index (κ2) is 7.83. The fourth-order valence-corrected chi connectivity index (χ4v) is 3.06. The summed E-state index contributed by atoms with van der Waals surface area (Å²) in [4.78, 5) is 24.4. The van der Waals surface area contributed by atoms with Gasteiger partial charge in [0.05, 0.1) is 5.56 Å². The van der Waals surface area contributed by atoms with Gasteiger partial charge in [-0.05, 0) is 42.7 Å². The number of hydrogen-bond donors (Lipinski definition) is 2. The molecular formula is C21H17F3N2O3. The highest BCUT2D eigenvalue weighted by molar-refractivity contribution is 5.95. The number of alkyl halides is 3. The van der Waals surface area contributed by atoms with E-state index in [-0.39, 0.29) is 5.69 Å². The molecule has 2 aromatic carbocycles. The third-order valence-electron chi connectivity index (χ3n) is 4.48. The van der Waals surface area contributed by atoms with Crippen LogP contribution in [0.4, 0.5) is 13.2 Å². The molecule has 0 aliphatic rings. The number of aromatic hydroxyl groups is 1. The van der Waals surface area contributed by atoms with Crippen LogP contribution in [-0.2, 0) is 19.0 Å². The van der Waals surface area contributed by atoms with Crippen LogP contribution in [0, 0.1) is 0 Å². The molecule has 3 aromatic rings. The molecule has 3 N–H and O–H groups in total. The lowest BCUT2D eigenvalue weighted by atomic mass is 10.1. The predicted molar refractivity (Wildman–Crippen MR) is 101 cm³/mol. The van der Waals surface area contributed by atoms with E-state index in [1.54, 1.807) is 0 Å². The molecule has 0 spiro atoms. The summed E-state index contributed by atoms with van der Waals surface area (Å²) in [5, 5.41) is 10.1. The molecule has 0 atom stereocenters. The summed E-state index contributed by atoms with van der Waals surface area (Å²) in [6.45, 7) is 0. The molecule has 1 heterocycles. The number of carbonyl (C=O) groups excluding carboxylic acids is 1. The average Bonchev–Trinajstić information content (AvgIpc) is 2.66. The van der Waals surface area contributed by atoms with Crippen molar-refractivity contribution in [3.8, 4) is 11.4 Å². The Bertz CT molecular complexity index is 1090. The number of rotatable bonds is 5. The number of carbonyl (C=O) groups is 1. The van der Waals surface area contributed by atoms with Crippen LogP contribution in [0.15, 0.2) is 65.5 Å². The van der Waals surface area contributed by atoms with Crippen molar-refractivity contribution in [3.63, 3.8) is 0 Å². The molecule has 0 aliphatic carbocycles. The third kappa shape index (κ3) is 4.31. The topological polar surface area (TPSA) is 85.3 Å². The van der Waals surface area contributed by atoms with Crippen LogP contribution >= 0.6 is 0 Å². The fourth-order valence-electron chi connectivity index (χ4n) is 3.06. The molecule has 0 fully saturated rings. The van der Waals surface area contributed by atoms with Crippen LogP contribution in [-0.4, -0.2) is 15.6 Å². The van der Waals surface area contributed by atoms with E-state index < -0.39 is 34.5 Å². The van der Waals surface area contributed by atoms with E-state index in [0.29, 0.717) is 18.5 Å². The summed E-state index contributed by atoms with van der Waals surface area (Å²) < 4.78 is 39.6. The Balaban J connectivity index is 2.10. The van der Waals surface area contributed by atoms with Crippen molar-refractivity contribution in [2.45, 2.75) is 19.0 Å². The Morgan fingerprint density at radius 2 is 1.62 bits per heavy atom. The van der Waals surface area contributed by atoms with Gasteiger partial charge in [-0.3, -0.25) is 14.2 Å². The Morgan fingerprint density at radius 1 is 1.00 bits per heavy atom. The minimum absolute atomic E-state index is 0.133. The molecule has 150 valence electrons. The van der Waals surface area contributed by atoms with Gasteiger partial charge in [-0.2, -0.15) is 13.2 Å². The maximum atomic E-state index is 12.8. The highest BCUT2D eigenvalue weighted by Gasteiger charge is 2.30. The molecule has 1 amide bonds. The van der Waals surface area contributed by atoms with Crippen molar-refractivity contribution >= 4 is 5.91 Å². The minimum Gasteiger partial charge on any atom is -0.507 e. The number of aromatic nitrogens is 1. The van der Waals surface area contributed by atoms with Gasteiger partial charge in [0, 0.05) is 17.4 Å². The molecule has 1 aromatic heterocycles. The largest absolute Gasteiger partial charge is 0.507 e. The molecule has 29 heavy (non-hydrogen) atoms. The first-order chi connectivity index (χ1) is 13.7. The molecule has 0 aliphatic heterocycles. The summed E-state index contributed by atoms with van der Waals surface area (Å²) in [5.41, 5.74) is 4.26. The van der Waals surface area contributed by atoms with E-state index in [1.165, 1.54) is 6.07 Å². The number of pyridine rings is 1. The van der Waals surface area contributed by atoms with Gasteiger partial charge in [0.25, 0.3) is 11.5 Å². The summed E-state index contributed by atoms with van der Waals surface area (Å²) in [7, 11) is 0. The van der Waals surface area contributed by atoms with E-state index in [1.807, 2.05) is 30.3 Å².